The van der Waals surface area contributed by atoms with Gasteiger partial charge in [0.25, 0.3) is 0 Å². The van der Waals surface area contributed by atoms with Crippen molar-refractivity contribution in [3.63, 3.8) is 0 Å². The highest BCUT2D eigenvalue weighted by Crippen LogP contribution is 2.45. The second-order valence-corrected chi connectivity index (χ2v) is 13.2. The second kappa shape index (κ2) is 12.0. The van der Waals surface area contributed by atoms with Gasteiger partial charge in [0.1, 0.15) is 0 Å². The molecule has 0 amide bonds. The summed E-state index contributed by atoms with van der Waals surface area (Å²) in [5.41, 5.74) is 10.5. The number of anilines is 3. The van der Waals surface area contributed by atoms with Gasteiger partial charge in [0.05, 0.1) is 5.69 Å². The fourth-order valence-corrected chi connectivity index (χ4v) is 7.88. The maximum Gasteiger partial charge on any atom is 0.0540 e. The first-order valence-electron chi connectivity index (χ1n) is 17.4. The highest BCUT2D eigenvalue weighted by atomic mass is 15.1. The summed E-state index contributed by atoms with van der Waals surface area (Å²) in [4.78, 5) is 6.75. The van der Waals surface area contributed by atoms with E-state index in [1.165, 1.54) is 65.3 Å². The van der Waals surface area contributed by atoms with Gasteiger partial charge in [-0.1, -0.05) is 121 Å². The minimum Gasteiger partial charge on any atom is -0.310 e. The van der Waals surface area contributed by atoms with Crippen molar-refractivity contribution in [2.75, 3.05) is 4.90 Å². The molecule has 0 aliphatic rings. The van der Waals surface area contributed by atoms with E-state index in [9.17, 15) is 0 Å². The van der Waals surface area contributed by atoms with Gasteiger partial charge in [-0.05, 0) is 126 Å². The third-order valence-electron chi connectivity index (χ3n) is 10.2. The molecule has 1 heterocycles. The lowest BCUT2D eigenvalue weighted by molar-refractivity contribution is 1.29. The number of nitrogens with zero attached hydrogens (tertiary/aromatic N) is 2. The minimum atomic E-state index is 1.10. The molecule has 0 fully saturated rings. The number of para-hydroxylation sites is 1. The molecule has 10 aromatic rings. The first-order chi connectivity index (χ1) is 25.3. The lowest BCUT2D eigenvalue weighted by Gasteiger charge is -2.28. The van der Waals surface area contributed by atoms with Crippen molar-refractivity contribution in [1.82, 2.24) is 4.98 Å². The van der Waals surface area contributed by atoms with E-state index in [-0.39, 0.29) is 0 Å². The van der Waals surface area contributed by atoms with E-state index in [0.717, 1.165) is 28.2 Å². The molecule has 1 aromatic heterocycles. The summed E-state index contributed by atoms with van der Waals surface area (Å²) < 4.78 is 0. The van der Waals surface area contributed by atoms with Gasteiger partial charge < -0.3 is 4.90 Å². The van der Waals surface area contributed by atoms with E-state index in [4.69, 9.17) is 0 Å². The van der Waals surface area contributed by atoms with E-state index >= 15 is 0 Å². The molecular formula is C49H32N2. The number of pyridine rings is 1. The summed E-state index contributed by atoms with van der Waals surface area (Å²) in [5, 5.41) is 10.2. The standard InChI is InChI=1S/C49H32N2/c1-3-11-33(12-4-1)40-27-35-20-22-37-29-41(30-38-23-21-36(28-40)48(35)49(37)38)44-24-25-47(46-19-8-7-18-45(44)46)51(42-15-5-2-6-16-42)43-17-9-13-34(31-43)39-14-10-26-50-32-39/h1-32H. The predicted octanol–water partition coefficient (Wildman–Crippen LogP) is 13.6. The van der Waals surface area contributed by atoms with Crippen molar-refractivity contribution < 1.29 is 0 Å². The molecular weight excluding hydrogens is 617 g/mol. The van der Waals surface area contributed by atoms with Crippen molar-refractivity contribution in [2.45, 2.75) is 0 Å². The molecule has 9 aromatic carbocycles. The van der Waals surface area contributed by atoms with Gasteiger partial charge in [-0.25, -0.2) is 0 Å². The van der Waals surface area contributed by atoms with Crippen LogP contribution in [0.1, 0.15) is 0 Å². The summed E-state index contributed by atoms with van der Waals surface area (Å²) in [6.07, 6.45) is 3.74. The lowest BCUT2D eigenvalue weighted by atomic mass is 9.88. The van der Waals surface area contributed by atoms with Crippen LogP contribution in [0.15, 0.2) is 194 Å². The van der Waals surface area contributed by atoms with E-state index in [0.29, 0.717) is 0 Å². The minimum absolute atomic E-state index is 1.10. The molecule has 0 unspecified atom stereocenters. The smallest absolute Gasteiger partial charge is 0.0540 e. The fraction of sp³-hybridized carbons (Fsp3) is 0. The Labute approximate surface area is 296 Å². The van der Waals surface area contributed by atoms with Crippen LogP contribution in [0, 0.1) is 0 Å². The molecule has 0 N–H and O–H groups in total. The number of benzene rings is 9. The van der Waals surface area contributed by atoms with Crippen LogP contribution in [0.4, 0.5) is 17.1 Å². The molecule has 0 spiro atoms. The SMILES string of the molecule is c1ccc(-c2cc3ccc4cc(-c5ccc(N(c6ccccc6)c6cccc(-c7cccnc7)c6)c6ccccc56)cc5ccc(c2)c3c45)cc1. The van der Waals surface area contributed by atoms with Crippen LogP contribution in [0.25, 0.3) is 76.5 Å². The first kappa shape index (κ1) is 29.2. The van der Waals surface area contributed by atoms with Crippen LogP contribution in [-0.4, -0.2) is 4.98 Å². The van der Waals surface area contributed by atoms with Crippen LogP contribution in [-0.2, 0) is 0 Å². The largest absolute Gasteiger partial charge is 0.310 e. The molecule has 10 rings (SSSR count). The molecule has 0 atom stereocenters. The average molecular weight is 649 g/mol. The molecule has 0 aliphatic carbocycles. The molecule has 2 nitrogen and oxygen atoms in total. The van der Waals surface area contributed by atoms with Crippen LogP contribution in [0.5, 0.6) is 0 Å². The van der Waals surface area contributed by atoms with Gasteiger partial charge >= 0.3 is 0 Å². The number of hydrogen-bond acceptors (Lipinski definition) is 2. The second-order valence-electron chi connectivity index (χ2n) is 13.2. The zero-order valence-electron chi connectivity index (χ0n) is 27.9. The summed E-state index contributed by atoms with van der Waals surface area (Å²) in [7, 11) is 0. The van der Waals surface area contributed by atoms with Crippen LogP contribution < -0.4 is 4.90 Å². The molecule has 0 saturated carbocycles. The monoisotopic (exact) mass is 648 g/mol. The zero-order valence-corrected chi connectivity index (χ0v) is 27.9. The van der Waals surface area contributed by atoms with Crippen molar-refractivity contribution in [3.8, 4) is 33.4 Å². The fourth-order valence-electron chi connectivity index (χ4n) is 7.88. The number of aromatic nitrogens is 1. The molecule has 51 heavy (non-hydrogen) atoms. The molecule has 0 bridgehead atoms. The molecule has 0 radical (unpaired) electrons. The van der Waals surface area contributed by atoms with E-state index < -0.39 is 0 Å². The highest BCUT2D eigenvalue weighted by Gasteiger charge is 2.19. The van der Waals surface area contributed by atoms with E-state index in [1.807, 2.05) is 18.5 Å². The highest BCUT2D eigenvalue weighted by molar-refractivity contribution is 6.25. The van der Waals surface area contributed by atoms with Crippen LogP contribution in [0.3, 0.4) is 0 Å². The Morgan fingerprint density at radius 3 is 1.59 bits per heavy atom. The average Bonchev–Trinajstić information content (AvgIpc) is 3.21. The third kappa shape index (κ3) is 5.00. The maximum atomic E-state index is 4.38. The summed E-state index contributed by atoms with van der Waals surface area (Å²) in [6, 6.07) is 66.2. The maximum absolute atomic E-state index is 4.38. The van der Waals surface area contributed by atoms with Gasteiger partial charge in [-0.15, -0.1) is 0 Å². The Balaban J connectivity index is 1.13. The van der Waals surface area contributed by atoms with Gasteiger partial charge in [-0.2, -0.15) is 0 Å². The quantitative estimate of drug-likeness (QED) is 0.167. The zero-order chi connectivity index (χ0) is 33.7. The summed E-state index contributed by atoms with van der Waals surface area (Å²) in [6.45, 7) is 0. The number of fused-ring (bicyclic) bond motifs is 1. The van der Waals surface area contributed by atoms with Gasteiger partial charge in [0.15, 0.2) is 0 Å². The first-order valence-corrected chi connectivity index (χ1v) is 17.4. The van der Waals surface area contributed by atoms with Gasteiger partial charge in [-0.3, -0.25) is 4.98 Å². The Bertz CT molecular complexity index is 2780. The van der Waals surface area contributed by atoms with Gasteiger partial charge in [0, 0.05) is 34.7 Å². The Morgan fingerprint density at radius 1 is 0.353 bits per heavy atom. The Hall–Kier alpha value is -6.77. The van der Waals surface area contributed by atoms with Crippen molar-refractivity contribution in [3.05, 3.63) is 194 Å². The van der Waals surface area contributed by atoms with E-state index in [1.54, 1.807) is 0 Å². The molecule has 0 saturated heterocycles. The number of rotatable bonds is 6. The normalized spacial score (nSPS) is 11.5. The van der Waals surface area contributed by atoms with Crippen molar-refractivity contribution >= 4 is 60.2 Å². The van der Waals surface area contributed by atoms with Crippen molar-refractivity contribution in [1.29, 1.82) is 0 Å². The Morgan fingerprint density at radius 2 is 0.922 bits per heavy atom. The summed E-state index contributed by atoms with van der Waals surface area (Å²) >= 11 is 0. The van der Waals surface area contributed by atoms with Crippen molar-refractivity contribution in [2.24, 2.45) is 0 Å². The predicted molar refractivity (Wildman–Crippen MR) is 216 cm³/mol. The Kier molecular flexibility index (Phi) is 6.85. The molecule has 0 aliphatic heterocycles. The lowest BCUT2D eigenvalue weighted by Crippen LogP contribution is -2.10. The molecule has 238 valence electrons. The molecule has 2 heteroatoms. The van der Waals surface area contributed by atoms with Crippen LogP contribution in [0.2, 0.25) is 0 Å². The van der Waals surface area contributed by atoms with E-state index in [2.05, 4.69) is 186 Å². The third-order valence-corrected chi connectivity index (χ3v) is 10.2. The summed E-state index contributed by atoms with van der Waals surface area (Å²) in [5.74, 6) is 0. The van der Waals surface area contributed by atoms with Gasteiger partial charge in [0.2, 0.25) is 0 Å². The van der Waals surface area contributed by atoms with Crippen LogP contribution >= 0.6 is 0 Å². The topological polar surface area (TPSA) is 16.1 Å². The number of hydrogen-bond donors (Lipinski definition) is 0.